The van der Waals surface area contributed by atoms with Crippen LogP contribution in [0.5, 0.6) is 0 Å². The van der Waals surface area contributed by atoms with Gasteiger partial charge in [-0.2, -0.15) is 0 Å². The van der Waals surface area contributed by atoms with Gasteiger partial charge in [0.05, 0.1) is 13.1 Å². The van der Waals surface area contributed by atoms with Crippen LogP contribution in [0.3, 0.4) is 0 Å². The Bertz CT molecular complexity index is 450. The van der Waals surface area contributed by atoms with Crippen molar-refractivity contribution in [3.63, 3.8) is 0 Å². The van der Waals surface area contributed by atoms with E-state index in [9.17, 15) is 0 Å². The first-order valence-electron chi connectivity index (χ1n) is 8.06. The fourth-order valence-electron chi connectivity index (χ4n) is 2.90. The van der Waals surface area contributed by atoms with Crippen molar-refractivity contribution in [2.24, 2.45) is 5.41 Å². The highest BCUT2D eigenvalue weighted by Gasteiger charge is 2.26. The Morgan fingerprint density at radius 3 is 2.65 bits per heavy atom. The third-order valence-electron chi connectivity index (χ3n) is 4.79. The summed E-state index contributed by atoms with van der Waals surface area (Å²) in [6.07, 6.45) is 5.25. The maximum Gasteiger partial charge on any atom is 0.120 e. The van der Waals surface area contributed by atoms with E-state index >= 15 is 0 Å². The van der Waals surface area contributed by atoms with Gasteiger partial charge in [0.2, 0.25) is 0 Å². The highest BCUT2D eigenvalue weighted by Crippen LogP contribution is 2.30. The van der Waals surface area contributed by atoms with Crippen LogP contribution in [0.2, 0.25) is 0 Å². The Morgan fingerprint density at radius 1 is 1.30 bits per heavy atom. The largest absolute Gasteiger partial charge is 0.463 e. The molecule has 0 amide bonds. The van der Waals surface area contributed by atoms with Crippen LogP contribution in [0.25, 0.3) is 0 Å². The molecule has 0 atom stereocenters. The van der Waals surface area contributed by atoms with Crippen molar-refractivity contribution in [3.05, 3.63) is 23.2 Å². The molecular weight excluding hydrogens is 248 g/mol. The quantitative estimate of drug-likeness (QED) is 0.892. The normalized spacial score (nSPS) is 23.1. The van der Waals surface area contributed by atoms with Crippen molar-refractivity contribution in [3.8, 4) is 0 Å². The zero-order chi connectivity index (χ0) is 14.2. The molecule has 2 heterocycles. The number of hydrogen-bond donors (Lipinski definition) is 1. The number of aryl methyl sites for hydroxylation is 1. The van der Waals surface area contributed by atoms with Crippen molar-refractivity contribution in [2.45, 2.75) is 65.6 Å². The van der Waals surface area contributed by atoms with Crippen molar-refractivity contribution < 1.29 is 4.42 Å². The van der Waals surface area contributed by atoms with Crippen molar-refractivity contribution in [1.29, 1.82) is 0 Å². The molecule has 1 saturated heterocycles. The molecule has 3 rings (SSSR count). The van der Waals surface area contributed by atoms with Gasteiger partial charge in [-0.25, -0.2) is 0 Å². The minimum Gasteiger partial charge on any atom is -0.463 e. The van der Waals surface area contributed by atoms with Crippen LogP contribution in [0.4, 0.5) is 0 Å². The number of rotatable bonds is 5. The van der Waals surface area contributed by atoms with E-state index in [0.717, 1.165) is 30.7 Å². The highest BCUT2D eigenvalue weighted by molar-refractivity contribution is 5.20. The summed E-state index contributed by atoms with van der Waals surface area (Å²) in [7, 11) is 0. The van der Waals surface area contributed by atoms with Gasteiger partial charge in [0.15, 0.2) is 0 Å². The van der Waals surface area contributed by atoms with Crippen molar-refractivity contribution >= 4 is 0 Å². The minimum atomic E-state index is 0.523. The standard InChI is InChI=1S/C17H28N2O/c1-13-10-15(20-16(13)11-18-14-4-5-14)12-19-8-6-17(2,3)7-9-19/h10,14,18H,4-9,11-12H2,1-3H3. The lowest BCUT2D eigenvalue weighted by molar-refractivity contribution is 0.119. The number of likely N-dealkylation sites (tertiary alicyclic amines) is 1. The summed E-state index contributed by atoms with van der Waals surface area (Å²) in [4.78, 5) is 2.53. The Labute approximate surface area is 122 Å². The van der Waals surface area contributed by atoms with E-state index in [4.69, 9.17) is 4.42 Å². The average molecular weight is 276 g/mol. The number of nitrogens with zero attached hydrogens (tertiary/aromatic N) is 1. The van der Waals surface area contributed by atoms with Gasteiger partial charge in [-0.3, -0.25) is 4.90 Å². The van der Waals surface area contributed by atoms with E-state index in [0.29, 0.717) is 5.41 Å². The average Bonchev–Trinajstić information content (AvgIpc) is 3.15. The van der Waals surface area contributed by atoms with Crippen LogP contribution in [0.1, 0.15) is 56.6 Å². The minimum absolute atomic E-state index is 0.523. The van der Waals surface area contributed by atoms with Gasteiger partial charge in [-0.15, -0.1) is 0 Å². The van der Waals surface area contributed by atoms with E-state index in [1.54, 1.807) is 0 Å². The molecule has 1 aliphatic carbocycles. The predicted octanol–water partition coefficient (Wildman–Crippen LogP) is 3.46. The lowest BCUT2D eigenvalue weighted by Gasteiger charge is -2.36. The van der Waals surface area contributed by atoms with E-state index < -0.39 is 0 Å². The summed E-state index contributed by atoms with van der Waals surface area (Å²) >= 11 is 0. The molecule has 1 aliphatic heterocycles. The molecule has 2 aliphatic rings. The maximum absolute atomic E-state index is 6.04. The van der Waals surface area contributed by atoms with Gasteiger partial charge in [-0.05, 0) is 62.7 Å². The fraction of sp³-hybridized carbons (Fsp3) is 0.765. The summed E-state index contributed by atoms with van der Waals surface area (Å²) in [5.41, 5.74) is 1.82. The monoisotopic (exact) mass is 276 g/mol. The summed E-state index contributed by atoms with van der Waals surface area (Å²) in [6, 6.07) is 2.97. The Balaban J connectivity index is 1.53. The van der Waals surface area contributed by atoms with Crippen molar-refractivity contribution in [2.75, 3.05) is 13.1 Å². The van der Waals surface area contributed by atoms with E-state index in [1.165, 1.54) is 44.3 Å². The molecule has 112 valence electrons. The van der Waals surface area contributed by atoms with Crippen LogP contribution in [-0.2, 0) is 13.1 Å². The van der Waals surface area contributed by atoms with E-state index in [-0.39, 0.29) is 0 Å². The molecule has 1 aromatic heterocycles. The Hall–Kier alpha value is -0.800. The van der Waals surface area contributed by atoms with Gasteiger partial charge >= 0.3 is 0 Å². The molecule has 3 nitrogen and oxygen atoms in total. The molecule has 0 spiro atoms. The van der Waals surface area contributed by atoms with Crippen LogP contribution in [-0.4, -0.2) is 24.0 Å². The first-order chi connectivity index (χ1) is 9.52. The zero-order valence-electron chi connectivity index (χ0n) is 13.2. The molecule has 1 N–H and O–H groups in total. The molecule has 0 aromatic carbocycles. The summed E-state index contributed by atoms with van der Waals surface area (Å²) < 4.78 is 6.04. The first-order valence-corrected chi connectivity index (χ1v) is 8.06. The number of hydrogen-bond acceptors (Lipinski definition) is 3. The fourth-order valence-corrected chi connectivity index (χ4v) is 2.90. The number of furan rings is 1. The third-order valence-corrected chi connectivity index (χ3v) is 4.79. The SMILES string of the molecule is Cc1cc(CN2CCC(C)(C)CC2)oc1CNC1CC1. The maximum atomic E-state index is 6.04. The summed E-state index contributed by atoms with van der Waals surface area (Å²) in [5, 5.41) is 3.53. The van der Waals surface area contributed by atoms with Gasteiger partial charge < -0.3 is 9.73 Å². The Morgan fingerprint density at radius 2 is 2.00 bits per heavy atom. The first kappa shape index (κ1) is 14.2. The predicted molar refractivity (Wildman–Crippen MR) is 81.6 cm³/mol. The van der Waals surface area contributed by atoms with Gasteiger partial charge in [0.1, 0.15) is 11.5 Å². The van der Waals surface area contributed by atoms with E-state index in [1.807, 2.05) is 0 Å². The van der Waals surface area contributed by atoms with Gasteiger partial charge in [0, 0.05) is 6.04 Å². The van der Waals surface area contributed by atoms with E-state index in [2.05, 4.69) is 37.1 Å². The third kappa shape index (κ3) is 3.64. The number of piperidine rings is 1. The number of nitrogens with one attached hydrogen (secondary N) is 1. The molecule has 20 heavy (non-hydrogen) atoms. The zero-order valence-corrected chi connectivity index (χ0v) is 13.2. The molecule has 1 aromatic rings. The van der Waals surface area contributed by atoms with Crippen LogP contribution >= 0.6 is 0 Å². The van der Waals surface area contributed by atoms with Gasteiger partial charge in [-0.1, -0.05) is 13.8 Å². The Kier molecular flexibility index (Phi) is 3.91. The van der Waals surface area contributed by atoms with Crippen LogP contribution in [0.15, 0.2) is 10.5 Å². The smallest absolute Gasteiger partial charge is 0.120 e. The topological polar surface area (TPSA) is 28.4 Å². The molecule has 3 heteroatoms. The second-order valence-corrected chi connectivity index (χ2v) is 7.41. The van der Waals surface area contributed by atoms with Crippen LogP contribution < -0.4 is 5.32 Å². The lowest BCUT2D eigenvalue weighted by atomic mass is 9.83. The van der Waals surface area contributed by atoms with Crippen molar-refractivity contribution in [1.82, 2.24) is 10.2 Å². The van der Waals surface area contributed by atoms with Gasteiger partial charge in [0.25, 0.3) is 0 Å². The molecular formula is C17H28N2O. The molecule has 0 unspecified atom stereocenters. The highest BCUT2D eigenvalue weighted by atomic mass is 16.3. The molecule has 0 radical (unpaired) electrons. The molecule has 0 bridgehead atoms. The summed E-state index contributed by atoms with van der Waals surface area (Å²) in [5.74, 6) is 2.26. The second-order valence-electron chi connectivity index (χ2n) is 7.41. The second kappa shape index (κ2) is 5.53. The van der Waals surface area contributed by atoms with Crippen LogP contribution in [0, 0.1) is 12.3 Å². The summed E-state index contributed by atoms with van der Waals surface area (Å²) in [6.45, 7) is 11.2. The molecule has 2 fully saturated rings. The lowest BCUT2D eigenvalue weighted by Crippen LogP contribution is -2.36. The molecule has 1 saturated carbocycles.